The molecule has 0 aliphatic rings. The number of carboxylic acid groups (broad SMARTS) is 1. The minimum absolute atomic E-state index is 0.175. The summed E-state index contributed by atoms with van der Waals surface area (Å²) in [6, 6.07) is 13.5. The Labute approximate surface area is 165 Å². The summed E-state index contributed by atoms with van der Waals surface area (Å²) < 4.78 is 5.32. The van der Waals surface area contributed by atoms with E-state index < -0.39 is 24.5 Å². The van der Waals surface area contributed by atoms with Crippen molar-refractivity contribution in [2.75, 3.05) is 11.5 Å². The van der Waals surface area contributed by atoms with Gasteiger partial charge in [-0.15, -0.1) is 23.5 Å². The molecule has 2 aromatic rings. The Balaban J connectivity index is 1.89. The van der Waals surface area contributed by atoms with Crippen LogP contribution in [0.2, 0.25) is 0 Å². The number of esters is 1. The van der Waals surface area contributed by atoms with Crippen molar-refractivity contribution in [3.05, 3.63) is 48.5 Å². The van der Waals surface area contributed by atoms with Gasteiger partial charge in [-0.05, 0) is 55.0 Å². The van der Waals surface area contributed by atoms with Crippen LogP contribution in [0.1, 0.15) is 12.8 Å². The number of phenolic OH excluding ortho intramolecular Hbond substituents is 2. The summed E-state index contributed by atoms with van der Waals surface area (Å²) in [7, 11) is 0. The SMILES string of the molecule is O=C(O)CC(=O)OC(CCSc1ccc(O)cc1)CSc1ccc(O)cc1. The van der Waals surface area contributed by atoms with Crippen LogP contribution in [0.3, 0.4) is 0 Å². The van der Waals surface area contributed by atoms with Crippen LogP contribution >= 0.6 is 23.5 Å². The Bertz CT molecular complexity index is 746. The third-order valence-electron chi connectivity index (χ3n) is 3.41. The van der Waals surface area contributed by atoms with Crippen molar-refractivity contribution in [2.45, 2.75) is 28.7 Å². The molecule has 0 saturated carbocycles. The van der Waals surface area contributed by atoms with Gasteiger partial charge in [-0.1, -0.05) is 0 Å². The van der Waals surface area contributed by atoms with E-state index in [1.165, 1.54) is 11.8 Å². The number of carbonyl (C=O) groups excluding carboxylic acids is 1. The summed E-state index contributed by atoms with van der Waals surface area (Å²) in [5.74, 6) is -0.450. The average Bonchev–Trinajstić information content (AvgIpc) is 2.62. The highest BCUT2D eigenvalue weighted by Gasteiger charge is 2.17. The summed E-state index contributed by atoms with van der Waals surface area (Å²) in [4.78, 5) is 24.3. The zero-order valence-electron chi connectivity index (χ0n) is 14.4. The number of hydrogen-bond acceptors (Lipinski definition) is 7. The van der Waals surface area contributed by atoms with E-state index in [0.717, 1.165) is 9.79 Å². The monoisotopic (exact) mass is 408 g/mol. The van der Waals surface area contributed by atoms with Gasteiger partial charge in [0.15, 0.2) is 0 Å². The highest BCUT2D eigenvalue weighted by atomic mass is 32.2. The minimum atomic E-state index is -1.22. The lowest BCUT2D eigenvalue weighted by atomic mass is 10.3. The van der Waals surface area contributed by atoms with E-state index in [0.29, 0.717) is 17.9 Å². The number of benzene rings is 2. The third kappa shape index (κ3) is 8.27. The molecular formula is C19H20O6S2. The molecule has 2 aromatic carbocycles. The van der Waals surface area contributed by atoms with Gasteiger partial charge in [0.05, 0.1) is 0 Å². The fourth-order valence-corrected chi connectivity index (χ4v) is 4.00. The summed E-state index contributed by atoms with van der Waals surface area (Å²) in [5.41, 5.74) is 0. The smallest absolute Gasteiger partial charge is 0.317 e. The van der Waals surface area contributed by atoms with Crippen LogP contribution in [0.15, 0.2) is 58.3 Å². The maximum absolute atomic E-state index is 11.7. The molecule has 27 heavy (non-hydrogen) atoms. The number of ether oxygens (including phenoxy) is 1. The first-order valence-corrected chi connectivity index (χ1v) is 10.1. The molecule has 0 fully saturated rings. The highest BCUT2D eigenvalue weighted by Crippen LogP contribution is 2.26. The fourth-order valence-electron chi connectivity index (χ4n) is 2.11. The Kier molecular flexibility index (Phi) is 8.35. The van der Waals surface area contributed by atoms with Crippen molar-refractivity contribution in [1.29, 1.82) is 0 Å². The normalized spacial score (nSPS) is 11.7. The van der Waals surface area contributed by atoms with Crippen LogP contribution < -0.4 is 0 Å². The third-order valence-corrected chi connectivity index (χ3v) is 5.60. The predicted molar refractivity (Wildman–Crippen MR) is 104 cm³/mol. The summed E-state index contributed by atoms with van der Waals surface area (Å²) in [5, 5.41) is 27.4. The molecule has 0 radical (unpaired) electrons. The molecule has 1 atom stereocenters. The summed E-state index contributed by atoms with van der Waals surface area (Å²) in [6.07, 6.45) is -0.534. The Morgan fingerprint density at radius 3 is 1.93 bits per heavy atom. The first kappa shape index (κ1) is 21.0. The number of carbonyl (C=O) groups is 2. The molecule has 0 aromatic heterocycles. The Hall–Kier alpha value is -2.32. The molecule has 0 aliphatic heterocycles. The molecule has 2 rings (SSSR count). The maximum Gasteiger partial charge on any atom is 0.317 e. The van der Waals surface area contributed by atoms with E-state index in [1.54, 1.807) is 60.3 Å². The topological polar surface area (TPSA) is 104 Å². The van der Waals surface area contributed by atoms with Crippen molar-refractivity contribution in [2.24, 2.45) is 0 Å². The van der Waals surface area contributed by atoms with Crippen LogP contribution in [0.25, 0.3) is 0 Å². The molecule has 8 heteroatoms. The molecule has 1 unspecified atom stereocenters. The van der Waals surface area contributed by atoms with Gasteiger partial charge in [-0.25, -0.2) is 0 Å². The van der Waals surface area contributed by atoms with Crippen LogP contribution in [-0.2, 0) is 14.3 Å². The van der Waals surface area contributed by atoms with Crippen LogP contribution in [0, 0.1) is 0 Å². The minimum Gasteiger partial charge on any atom is -0.508 e. The second-order valence-corrected chi connectivity index (χ2v) is 7.88. The lowest BCUT2D eigenvalue weighted by Crippen LogP contribution is -2.23. The molecule has 6 nitrogen and oxygen atoms in total. The maximum atomic E-state index is 11.7. The number of hydrogen-bond donors (Lipinski definition) is 3. The average molecular weight is 408 g/mol. The number of thioether (sulfide) groups is 2. The van der Waals surface area contributed by atoms with Crippen LogP contribution in [0.4, 0.5) is 0 Å². The summed E-state index contributed by atoms with van der Waals surface area (Å²) >= 11 is 3.03. The van der Waals surface area contributed by atoms with Crippen molar-refractivity contribution < 1.29 is 29.6 Å². The molecule has 0 saturated heterocycles. The molecule has 0 aliphatic carbocycles. The van der Waals surface area contributed by atoms with E-state index >= 15 is 0 Å². The first-order valence-electron chi connectivity index (χ1n) is 8.17. The van der Waals surface area contributed by atoms with Gasteiger partial charge in [0.1, 0.15) is 24.0 Å². The number of phenols is 2. The van der Waals surface area contributed by atoms with E-state index in [1.807, 2.05) is 0 Å². The van der Waals surface area contributed by atoms with Crippen molar-refractivity contribution >= 4 is 35.5 Å². The van der Waals surface area contributed by atoms with E-state index in [4.69, 9.17) is 9.84 Å². The molecule has 0 heterocycles. The second-order valence-electron chi connectivity index (χ2n) is 5.62. The van der Waals surface area contributed by atoms with Gasteiger partial charge in [0.25, 0.3) is 0 Å². The molecular weight excluding hydrogens is 388 g/mol. The van der Waals surface area contributed by atoms with E-state index in [2.05, 4.69) is 0 Å². The Morgan fingerprint density at radius 1 is 0.889 bits per heavy atom. The largest absolute Gasteiger partial charge is 0.508 e. The Morgan fingerprint density at radius 2 is 1.41 bits per heavy atom. The van der Waals surface area contributed by atoms with E-state index in [9.17, 15) is 19.8 Å². The van der Waals surface area contributed by atoms with Gasteiger partial charge < -0.3 is 20.1 Å². The van der Waals surface area contributed by atoms with Crippen molar-refractivity contribution in [1.82, 2.24) is 0 Å². The quantitative estimate of drug-likeness (QED) is 0.310. The molecule has 144 valence electrons. The highest BCUT2D eigenvalue weighted by molar-refractivity contribution is 7.99. The second kappa shape index (κ2) is 10.7. The van der Waals surface area contributed by atoms with Gasteiger partial charge in [-0.2, -0.15) is 0 Å². The van der Waals surface area contributed by atoms with Gasteiger partial charge in [0, 0.05) is 21.3 Å². The van der Waals surface area contributed by atoms with Crippen molar-refractivity contribution in [3.63, 3.8) is 0 Å². The summed E-state index contributed by atoms with van der Waals surface area (Å²) in [6.45, 7) is 0. The standard InChI is InChI=1S/C19H20O6S2/c20-13-1-5-16(6-2-13)26-10-9-15(25-19(24)11-18(22)23)12-27-17-7-3-14(21)4-8-17/h1-8,15,20-21H,9-12H2,(H,22,23). The molecule has 0 amide bonds. The molecule has 3 N–H and O–H groups in total. The zero-order chi connectivity index (χ0) is 19.6. The predicted octanol–water partition coefficient (Wildman–Crippen LogP) is 3.76. The number of aliphatic carboxylic acids is 1. The number of carboxylic acids is 1. The lowest BCUT2D eigenvalue weighted by Gasteiger charge is -2.17. The molecule has 0 spiro atoms. The number of rotatable bonds is 10. The first-order chi connectivity index (χ1) is 12.9. The molecule has 0 bridgehead atoms. The van der Waals surface area contributed by atoms with Gasteiger partial charge in [-0.3, -0.25) is 9.59 Å². The zero-order valence-corrected chi connectivity index (χ0v) is 16.0. The van der Waals surface area contributed by atoms with Gasteiger partial charge >= 0.3 is 11.9 Å². The van der Waals surface area contributed by atoms with E-state index in [-0.39, 0.29) is 11.5 Å². The van der Waals surface area contributed by atoms with Crippen molar-refractivity contribution in [3.8, 4) is 11.5 Å². The van der Waals surface area contributed by atoms with Gasteiger partial charge in [0.2, 0.25) is 0 Å². The fraction of sp³-hybridized carbons (Fsp3) is 0.263. The van der Waals surface area contributed by atoms with Crippen LogP contribution in [0.5, 0.6) is 11.5 Å². The van der Waals surface area contributed by atoms with Crippen LogP contribution in [-0.4, -0.2) is 44.9 Å². The number of aromatic hydroxyl groups is 2. The lowest BCUT2D eigenvalue weighted by molar-refractivity contribution is -0.154.